The van der Waals surface area contributed by atoms with E-state index in [4.69, 9.17) is 0 Å². The fraction of sp³-hybridized carbons (Fsp3) is 0.292. The number of pyridine rings is 1. The van der Waals surface area contributed by atoms with Crippen LogP contribution >= 0.6 is 0 Å². The van der Waals surface area contributed by atoms with Gasteiger partial charge in [-0.05, 0) is 36.2 Å². The van der Waals surface area contributed by atoms with Crippen molar-refractivity contribution in [3.05, 3.63) is 76.9 Å². The van der Waals surface area contributed by atoms with Crippen molar-refractivity contribution in [2.45, 2.75) is 25.2 Å². The lowest BCUT2D eigenvalue weighted by atomic mass is 9.97. The molecule has 0 bridgehead atoms. The maximum Gasteiger partial charge on any atom is 0.341 e. The number of nitrogens with zero attached hydrogens (tertiary/aromatic N) is 5. The molecular formula is C24H23FN7O2+. The van der Waals surface area contributed by atoms with Crippen molar-refractivity contribution in [3.63, 3.8) is 0 Å². The van der Waals surface area contributed by atoms with Crippen LogP contribution in [0.25, 0.3) is 0 Å². The molecule has 3 N–H and O–H groups in total. The van der Waals surface area contributed by atoms with E-state index in [1.54, 1.807) is 18.6 Å². The lowest BCUT2D eigenvalue weighted by molar-refractivity contribution is -0.533. The maximum atomic E-state index is 13.6. The number of rotatable bonds is 4. The number of aromatic nitrogens is 3. The first kappa shape index (κ1) is 20.7. The number of carbonyl (C=O) groups excluding carboxylic acids is 1. The van der Waals surface area contributed by atoms with E-state index in [0.29, 0.717) is 43.1 Å². The van der Waals surface area contributed by atoms with Gasteiger partial charge >= 0.3 is 5.49 Å². The summed E-state index contributed by atoms with van der Waals surface area (Å²) in [5.41, 5.74) is 5.82. The number of benzene rings is 1. The number of piperidine rings is 1. The molecule has 1 amide bonds. The molecule has 1 saturated heterocycles. The van der Waals surface area contributed by atoms with E-state index in [0.717, 1.165) is 28.0 Å². The molecule has 3 aromatic rings. The zero-order chi connectivity index (χ0) is 23.2. The molecule has 5 heterocycles. The van der Waals surface area contributed by atoms with Crippen molar-refractivity contribution in [3.8, 4) is 0 Å². The average molecular weight is 460 g/mol. The zero-order valence-corrected chi connectivity index (χ0v) is 18.3. The number of aliphatic hydroxyl groups is 1. The van der Waals surface area contributed by atoms with Gasteiger partial charge in [0.15, 0.2) is 12.3 Å². The van der Waals surface area contributed by atoms with Crippen molar-refractivity contribution in [2.24, 2.45) is 4.99 Å². The van der Waals surface area contributed by atoms with E-state index in [-0.39, 0.29) is 12.5 Å². The van der Waals surface area contributed by atoms with E-state index in [2.05, 4.69) is 25.6 Å². The van der Waals surface area contributed by atoms with Crippen LogP contribution < -0.4 is 25.3 Å². The average Bonchev–Trinajstić information content (AvgIpc) is 3.46. The van der Waals surface area contributed by atoms with Gasteiger partial charge in [-0.2, -0.15) is 4.24 Å². The number of hydrogen-bond acceptors (Lipinski definition) is 7. The largest absolute Gasteiger partial charge is 0.388 e. The third-order valence-electron chi connectivity index (χ3n) is 6.57. The number of hydrogen-bond donors (Lipinski definition) is 3. The monoisotopic (exact) mass is 460 g/mol. The summed E-state index contributed by atoms with van der Waals surface area (Å²) in [6.45, 7) is 1.75. The van der Waals surface area contributed by atoms with Crippen molar-refractivity contribution in [1.82, 2.24) is 15.3 Å². The van der Waals surface area contributed by atoms with Crippen LogP contribution in [0.1, 0.15) is 27.9 Å². The predicted octanol–water partition coefficient (Wildman–Crippen LogP) is 0.722. The minimum absolute atomic E-state index is 0.130. The van der Waals surface area contributed by atoms with E-state index >= 15 is 0 Å². The molecule has 1 fully saturated rings. The van der Waals surface area contributed by atoms with Crippen LogP contribution in [-0.2, 0) is 6.54 Å². The Morgan fingerprint density at radius 2 is 2.15 bits per heavy atom. The summed E-state index contributed by atoms with van der Waals surface area (Å²) in [5, 5.41) is 16.0. The Morgan fingerprint density at radius 3 is 2.97 bits per heavy atom. The molecule has 9 nitrogen and oxygen atoms in total. The predicted molar refractivity (Wildman–Crippen MR) is 121 cm³/mol. The van der Waals surface area contributed by atoms with Gasteiger partial charge < -0.3 is 20.6 Å². The Hall–Kier alpha value is -3.92. The third kappa shape index (κ3) is 3.47. The molecule has 6 rings (SSSR count). The first-order valence-corrected chi connectivity index (χ1v) is 11.2. The normalized spacial score (nSPS) is 21.1. The molecule has 2 atom stereocenters. The Bertz CT molecular complexity index is 1410. The number of anilines is 3. The summed E-state index contributed by atoms with van der Waals surface area (Å²) in [7, 11) is 0. The van der Waals surface area contributed by atoms with Gasteiger partial charge in [-0.1, -0.05) is 4.99 Å². The first-order valence-electron chi connectivity index (χ1n) is 11.2. The van der Waals surface area contributed by atoms with Gasteiger partial charge in [-0.15, -0.1) is 0 Å². The molecule has 1 aromatic carbocycles. The zero-order valence-electron chi connectivity index (χ0n) is 18.3. The number of alkyl halides is 1. The maximum absolute atomic E-state index is 13.6. The second kappa shape index (κ2) is 8.14. The molecule has 0 spiro atoms. The first-order chi connectivity index (χ1) is 16.6. The standard InChI is InChI=1S/C24H22FN7O2/c25-17-5-7-31(13-20(17)33)14-1-4-21(27-9-14)30-18-3-2-15(16-10-29-24(34)23(16)18)19-11-28-22-12-26-6-8-32(19)22/h1-4,6,8-9,12,17,20,33H,5,7,10-11,13H2,(H,29,34)/p+1/t17-,20-/m0/s1. The van der Waals surface area contributed by atoms with Crippen LogP contribution in [0.15, 0.2) is 54.0 Å². The highest BCUT2D eigenvalue weighted by Gasteiger charge is 2.30. The van der Waals surface area contributed by atoms with Gasteiger partial charge in [0.1, 0.15) is 30.5 Å². The molecule has 0 radical (unpaired) electrons. The van der Waals surface area contributed by atoms with Gasteiger partial charge in [-0.3, -0.25) is 9.78 Å². The minimum atomic E-state index is -1.18. The molecule has 3 aliphatic heterocycles. The van der Waals surface area contributed by atoms with Gasteiger partial charge in [0.25, 0.3) is 5.91 Å². The SMILES string of the molecule is O=C1NCc2c(C3=[n+]4ccncc4=NC3)ccc(Nc3ccc(N4CC[C@H](F)[C@@H](O)C4)cn3)c21. The summed E-state index contributed by atoms with van der Waals surface area (Å²) in [6.07, 6.45) is 5.14. The Balaban J connectivity index is 1.30. The molecule has 0 aliphatic carbocycles. The number of carbonyl (C=O) groups is 1. The Morgan fingerprint density at radius 1 is 1.24 bits per heavy atom. The lowest BCUT2D eigenvalue weighted by Crippen LogP contribution is -2.45. The summed E-state index contributed by atoms with van der Waals surface area (Å²) in [5.74, 6) is 0.461. The van der Waals surface area contributed by atoms with Crippen LogP contribution in [0, 0.1) is 5.71 Å². The van der Waals surface area contributed by atoms with Crippen LogP contribution in [0.3, 0.4) is 0 Å². The highest BCUT2D eigenvalue weighted by atomic mass is 19.1. The molecule has 0 saturated carbocycles. The molecule has 34 heavy (non-hydrogen) atoms. The Kier molecular flexibility index (Phi) is 4.95. The van der Waals surface area contributed by atoms with Crippen molar-refractivity contribution in [2.75, 3.05) is 29.9 Å². The van der Waals surface area contributed by atoms with Crippen molar-refractivity contribution >= 4 is 23.1 Å². The van der Waals surface area contributed by atoms with E-state index < -0.39 is 12.3 Å². The van der Waals surface area contributed by atoms with Gasteiger partial charge in [0.05, 0.1) is 29.3 Å². The minimum Gasteiger partial charge on any atom is -0.388 e. The highest BCUT2D eigenvalue weighted by molar-refractivity contribution is 6.04. The molecule has 10 heteroatoms. The smallest absolute Gasteiger partial charge is 0.341 e. The summed E-state index contributed by atoms with van der Waals surface area (Å²) >= 11 is 0. The number of halogens is 1. The number of β-amino-alcohol motifs (C(OH)–C–C–N with tert-alkyl or cyclic N) is 1. The fourth-order valence-corrected chi connectivity index (χ4v) is 4.79. The highest BCUT2D eigenvalue weighted by Crippen LogP contribution is 2.32. The molecular weight excluding hydrogens is 437 g/mol. The number of aliphatic hydroxyl groups excluding tert-OH is 1. The van der Waals surface area contributed by atoms with Crippen LogP contribution in [-0.4, -0.2) is 52.9 Å². The summed E-state index contributed by atoms with van der Waals surface area (Å²) < 4.78 is 15.6. The third-order valence-corrected chi connectivity index (χ3v) is 6.57. The van der Waals surface area contributed by atoms with E-state index in [1.165, 1.54) is 0 Å². The second-order valence-electron chi connectivity index (χ2n) is 8.61. The molecule has 0 unspecified atom stereocenters. The van der Waals surface area contributed by atoms with Gasteiger partial charge in [0, 0.05) is 25.2 Å². The van der Waals surface area contributed by atoms with E-state index in [9.17, 15) is 14.3 Å². The fourth-order valence-electron chi connectivity index (χ4n) is 4.79. The number of nitrogens with one attached hydrogen (secondary N) is 2. The molecule has 2 aromatic heterocycles. The number of fused-ring (bicyclic) bond motifs is 2. The second-order valence-corrected chi connectivity index (χ2v) is 8.61. The van der Waals surface area contributed by atoms with Crippen molar-refractivity contribution < 1.29 is 18.5 Å². The lowest BCUT2D eigenvalue weighted by Gasteiger charge is -2.33. The van der Waals surface area contributed by atoms with Gasteiger partial charge in [-0.25, -0.2) is 9.37 Å². The molecule has 172 valence electrons. The van der Waals surface area contributed by atoms with Crippen LogP contribution in [0.5, 0.6) is 0 Å². The summed E-state index contributed by atoms with van der Waals surface area (Å²) in [6, 6.07) is 7.60. The Labute approximate surface area is 194 Å². The number of amides is 1. The van der Waals surface area contributed by atoms with Crippen molar-refractivity contribution in [1.29, 1.82) is 0 Å². The van der Waals surface area contributed by atoms with Gasteiger partial charge in [0.2, 0.25) is 0 Å². The van der Waals surface area contributed by atoms with E-state index in [1.807, 2.05) is 39.6 Å². The van der Waals surface area contributed by atoms with Crippen LogP contribution in [0.4, 0.5) is 21.6 Å². The summed E-state index contributed by atoms with van der Waals surface area (Å²) in [4.78, 5) is 27.8. The molecule has 3 aliphatic rings. The topological polar surface area (TPSA) is 109 Å². The quantitative estimate of drug-likeness (QED) is 0.496. The van der Waals surface area contributed by atoms with Crippen LogP contribution in [0.2, 0.25) is 0 Å².